The van der Waals surface area contributed by atoms with Gasteiger partial charge in [-0.05, 0) is 55.8 Å². The summed E-state index contributed by atoms with van der Waals surface area (Å²) >= 11 is 0. The Morgan fingerprint density at radius 3 is 1.91 bits per heavy atom. The summed E-state index contributed by atoms with van der Waals surface area (Å²) in [5.41, 5.74) is 1.54. The van der Waals surface area contributed by atoms with Gasteiger partial charge in [-0.25, -0.2) is 0 Å². The van der Waals surface area contributed by atoms with Gasteiger partial charge in [-0.2, -0.15) is 30.9 Å². The lowest BCUT2D eigenvalue weighted by Crippen LogP contribution is -2.27. The molecule has 2 aliphatic rings. The van der Waals surface area contributed by atoms with Crippen LogP contribution in [-0.2, 0) is 23.2 Å². The number of hydrogen-bond donors (Lipinski definition) is 0. The number of benzene rings is 2. The van der Waals surface area contributed by atoms with Crippen LogP contribution in [0.15, 0.2) is 60.3 Å². The number of nitrogens with zero attached hydrogens (tertiary/aromatic N) is 2. The van der Waals surface area contributed by atoms with Gasteiger partial charge in [-0.15, -0.1) is 0 Å². The molecule has 2 nitrogen and oxygen atoms in total. The first kappa shape index (κ1) is 25.1. The molecule has 2 heterocycles. The Labute approximate surface area is 200 Å². The van der Waals surface area contributed by atoms with Crippen LogP contribution in [0.4, 0.5) is 37.7 Å². The second kappa shape index (κ2) is 7.73. The van der Waals surface area contributed by atoms with Crippen molar-refractivity contribution in [3.05, 3.63) is 82.6 Å². The lowest BCUT2D eigenvalue weighted by atomic mass is 9.80. The molecule has 2 aromatic rings. The van der Waals surface area contributed by atoms with E-state index in [9.17, 15) is 26.3 Å². The van der Waals surface area contributed by atoms with Gasteiger partial charge in [0, 0.05) is 41.6 Å². The number of halogens is 6. The van der Waals surface area contributed by atoms with E-state index in [-0.39, 0.29) is 0 Å². The average molecular weight is 494 g/mol. The van der Waals surface area contributed by atoms with E-state index in [0.29, 0.717) is 22.5 Å². The maximum atomic E-state index is 13.3. The fourth-order valence-corrected chi connectivity index (χ4v) is 5.26. The Morgan fingerprint density at radius 2 is 1.34 bits per heavy atom. The van der Waals surface area contributed by atoms with Crippen LogP contribution in [-0.4, -0.2) is 24.4 Å². The summed E-state index contributed by atoms with van der Waals surface area (Å²) in [6.45, 7) is 7.51. The molecule has 2 aromatic carbocycles. The van der Waals surface area contributed by atoms with Crippen molar-refractivity contribution in [3.63, 3.8) is 0 Å². The standard InChI is InChI=1S/C27H27F6N2/c1-24(2)18-14-16(26(28,29)30)10-12-20(18)34(5)22(24)8-7-9-23-25(3,4)19-15-17(27(31,32)33)11-13-21(19)35(23)6/h7-15H,1-6H3/q+1. The largest absolute Gasteiger partial charge is 0.416 e. The van der Waals surface area contributed by atoms with E-state index in [4.69, 9.17) is 0 Å². The molecule has 0 amide bonds. The number of allylic oxidation sites excluding steroid dienone is 4. The summed E-state index contributed by atoms with van der Waals surface area (Å²) < 4.78 is 81.6. The van der Waals surface area contributed by atoms with Crippen LogP contribution < -0.4 is 4.90 Å². The van der Waals surface area contributed by atoms with Crippen molar-refractivity contribution in [2.75, 3.05) is 19.0 Å². The molecule has 0 bridgehead atoms. The lowest BCUT2D eigenvalue weighted by molar-refractivity contribution is -0.401. The normalized spacial score (nSPS) is 20.2. The predicted molar refractivity (Wildman–Crippen MR) is 125 cm³/mol. The maximum Gasteiger partial charge on any atom is 0.416 e. The highest BCUT2D eigenvalue weighted by molar-refractivity contribution is 6.03. The fraction of sp³-hybridized carbons (Fsp3) is 0.370. The quantitative estimate of drug-likeness (QED) is 0.309. The summed E-state index contributed by atoms with van der Waals surface area (Å²) in [5.74, 6) is 0. The van der Waals surface area contributed by atoms with Crippen molar-refractivity contribution >= 4 is 17.1 Å². The summed E-state index contributed by atoms with van der Waals surface area (Å²) in [6.07, 6.45) is -3.32. The molecule has 0 unspecified atom stereocenters. The van der Waals surface area contributed by atoms with Gasteiger partial charge in [0.2, 0.25) is 5.69 Å². The Balaban J connectivity index is 1.69. The van der Waals surface area contributed by atoms with Gasteiger partial charge in [0.25, 0.3) is 0 Å². The molecular weight excluding hydrogens is 466 g/mol. The zero-order valence-electron chi connectivity index (χ0n) is 20.4. The fourth-order valence-electron chi connectivity index (χ4n) is 5.26. The highest BCUT2D eigenvalue weighted by Crippen LogP contribution is 2.49. The van der Waals surface area contributed by atoms with E-state index in [2.05, 4.69) is 0 Å². The zero-order valence-corrected chi connectivity index (χ0v) is 20.4. The predicted octanol–water partition coefficient (Wildman–Crippen LogP) is 7.60. The highest BCUT2D eigenvalue weighted by atomic mass is 19.4. The molecule has 4 rings (SSSR count). The van der Waals surface area contributed by atoms with Gasteiger partial charge in [-0.3, -0.25) is 0 Å². The van der Waals surface area contributed by atoms with Gasteiger partial charge < -0.3 is 4.90 Å². The molecule has 0 radical (unpaired) electrons. The van der Waals surface area contributed by atoms with Crippen molar-refractivity contribution in [1.29, 1.82) is 0 Å². The minimum atomic E-state index is -4.42. The van der Waals surface area contributed by atoms with Crippen LogP contribution in [0.25, 0.3) is 0 Å². The van der Waals surface area contributed by atoms with Gasteiger partial charge in [0.1, 0.15) is 7.05 Å². The Kier molecular flexibility index (Phi) is 5.54. The van der Waals surface area contributed by atoms with Gasteiger partial charge in [-0.1, -0.05) is 19.9 Å². The first-order valence-corrected chi connectivity index (χ1v) is 11.1. The number of fused-ring (bicyclic) bond motifs is 2. The van der Waals surface area contributed by atoms with Gasteiger partial charge in [0.05, 0.1) is 16.5 Å². The maximum absolute atomic E-state index is 13.3. The minimum absolute atomic E-state index is 0.590. The highest BCUT2D eigenvalue weighted by Gasteiger charge is 2.45. The second-order valence-corrected chi connectivity index (χ2v) is 10.1. The molecule has 0 saturated heterocycles. The van der Waals surface area contributed by atoms with E-state index >= 15 is 0 Å². The van der Waals surface area contributed by atoms with E-state index < -0.39 is 34.3 Å². The molecular formula is C27H27F6N2+. The zero-order chi connectivity index (χ0) is 26.1. The van der Waals surface area contributed by atoms with Crippen molar-refractivity contribution in [3.8, 4) is 0 Å². The average Bonchev–Trinajstić information content (AvgIpc) is 3.05. The number of alkyl halides is 6. The number of hydrogen-bond acceptors (Lipinski definition) is 1. The molecule has 186 valence electrons. The Bertz CT molecular complexity index is 1290. The first-order chi connectivity index (χ1) is 16.0. The molecule has 35 heavy (non-hydrogen) atoms. The SMILES string of the molecule is CN1C(=CC=CC2=[N+](C)c3ccc(C(F)(F)F)cc3C2(C)C)C(C)(C)c2cc(C(F)(F)F)ccc21. The smallest absolute Gasteiger partial charge is 0.347 e. The van der Waals surface area contributed by atoms with Gasteiger partial charge in [0.15, 0.2) is 5.71 Å². The third-order valence-electron chi connectivity index (χ3n) is 7.23. The molecule has 8 heteroatoms. The van der Waals surface area contributed by atoms with Crippen LogP contribution in [0.5, 0.6) is 0 Å². The second-order valence-electron chi connectivity index (χ2n) is 10.1. The Hall–Kier alpha value is -3.03. The molecule has 0 saturated carbocycles. The molecule has 0 fully saturated rings. The third kappa shape index (κ3) is 3.96. The lowest BCUT2D eigenvalue weighted by Gasteiger charge is -2.24. The van der Waals surface area contributed by atoms with Crippen molar-refractivity contribution in [2.45, 2.75) is 50.9 Å². The van der Waals surface area contributed by atoms with Gasteiger partial charge >= 0.3 is 12.4 Å². The van der Waals surface area contributed by atoms with Crippen molar-refractivity contribution < 1.29 is 30.9 Å². The monoisotopic (exact) mass is 493 g/mol. The van der Waals surface area contributed by atoms with E-state index in [0.717, 1.165) is 23.5 Å². The van der Waals surface area contributed by atoms with Crippen LogP contribution in [0, 0.1) is 0 Å². The van der Waals surface area contributed by atoms with E-state index in [1.807, 2.05) is 69.5 Å². The molecule has 0 N–H and O–H groups in total. The molecule has 0 spiro atoms. The van der Waals surface area contributed by atoms with Crippen LogP contribution in [0.1, 0.15) is 49.9 Å². The van der Waals surface area contributed by atoms with Crippen molar-refractivity contribution in [2.24, 2.45) is 0 Å². The van der Waals surface area contributed by atoms with Crippen LogP contribution in [0.3, 0.4) is 0 Å². The molecule has 0 atom stereocenters. The number of rotatable bonds is 2. The van der Waals surface area contributed by atoms with Crippen LogP contribution >= 0.6 is 0 Å². The topological polar surface area (TPSA) is 6.25 Å². The number of anilines is 1. The third-order valence-corrected chi connectivity index (χ3v) is 7.23. The van der Waals surface area contributed by atoms with E-state index in [1.54, 1.807) is 0 Å². The summed E-state index contributed by atoms with van der Waals surface area (Å²) in [5, 5.41) is 0. The molecule has 0 aliphatic carbocycles. The Morgan fingerprint density at radius 1 is 0.800 bits per heavy atom. The van der Waals surface area contributed by atoms with E-state index in [1.165, 1.54) is 24.3 Å². The minimum Gasteiger partial charge on any atom is -0.347 e. The summed E-state index contributed by atoms with van der Waals surface area (Å²) in [6, 6.07) is 7.55. The summed E-state index contributed by atoms with van der Waals surface area (Å²) in [4.78, 5) is 1.87. The van der Waals surface area contributed by atoms with Crippen LogP contribution in [0.2, 0.25) is 0 Å². The molecule has 2 aliphatic heterocycles. The first-order valence-electron chi connectivity index (χ1n) is 11.1. The van der Waals surface area contributed by atoms with Crippen molar-refractivity contribution in [1.82, 2.24) is 0 Å². The summed E-state index contributed by atoms with van der Waals surface area (Å²) in [7, 11) is 3.63. The number of likely N-dealkylation sites (N-methyl/N-ethyl adjacent to an activating group) is 1. The molecule has 0 aromatic heterocycles.